The van der Waals surface area contributed by atoms with Crippen molar-refractivity contribution < 1.29 is 4.42 Å². The van der Waals surface area contributed by atoms with Gasteiger partial charge in [-0.2, -0.15) is 0 Å². The molecule has 0 fully saturated rings. The molecule has 1 unspecified atom stereocenters. The second-order valence-corrected chi connectivity index (χ2v) is 13.9. The van der Waals surface area contributed by atoms with Gasteiger partial charge in [0.05, 0.1) is 12.4 Å². The average Bonchev–Trinajstić information content (AvgIpc) is 3.66. The molecule has 0 spiro atoms. The Morgan fingerprint density at radius 1 is 0.649 bits per heavy atom. The number of nitrogens with two attached hydrogens (primary N) is 1. The summed E-state index contributed by atoms with van der Waals surface area (Å²) < 4.78 is 6.48. The lowest BCUT2D eigenvalue weighted by molar-refractivity contribution is 0.668. The summed E-state index contributed by atoms with van der Waals surface area (Å²) in [6.07, 6.45) is 9.94. The molecule has 57 heavy (non-hydrogen) atoms. The smallest absolute Gasteiger partial charge is 0.156 e. The molecule has 0 saturated heterocycles. The molecule has 0 amide bonds. The van der Waals surface area contributed by atoms with Crippen molar-refractivity contribution in [2.24, 2.45) is 15.7 Å². The summed E-state index contributed by atoms with van der Waals surface area (Å²) in [4.78, 5) is 9.73. The van der Waals surface area contributed by atoms with Gasteiger partial charge in [0.25, 0.3) is 0 Å². The molecule has 0 bridgehead atoms. The van der Waals surface area contributed by atoms with Gasteiger partial charge in [0, 0.05) is 16.3 Å². The Kier molecular flexibility index (Phi) is 10.9. The highest BCUT2D eigenvalue weighted by molar-refractivity contribution is 6.08. The van der Waals surface area contributed by atoms with E-state index in [1.165, 1.54) is 28.6 Å². The van der Waals surface area contributed by atoms with Crippen molar-refractivity contribution in [2.75, 3.05) is 0 Å². The van der Waals surface area contributed by atoms with Crippen molar-refractivity contribution in [3.05, 3.63) is 223 Å². The van der Waals surface area contributed by atoms with Crippen LogP contribution >= 0.6 is 0 Å². The lowest BCUT2D eigenvalue weighted by Gasteiger charge is -2.16. The molecule has 1 atom stereocenters. The summed E-state index contributed by atoms with van der Waals surface area (Å²) in [6, 6.07) is 59.2. The molecule has 8 rings (SSSR count). The minimum absolute atomic E-state index is 0.212. The molecule has 7 aromatic carbocycles. The van der Waals surface area contributed by atoms with Crippen molar-refractivity contribution in [2.45, 2.75) is 19.4 Å². The predicted molar refractivity (Wildman–Crippen MR) is 242 cm³/mol. The highest BCUT2D eigenvalue weighted by atomic mass is 16.3. The summed E-state index contributed by atoms with van der Waals surface area (Å²) in [7, 11) is 0. The van der Waals surface area contributed by atoms with Crippen LogP contribution in [0.5, 0.6) is 0 Å². The van der Waals surface area contributed by atoms with E-state index in [-0.39, 0.29) is 6.04 Å². The molecule has 2 N–H and O–H groups in total. The van der Waals surface area contributed by atoms with Crippen LogP contribution in [0.15, 0.2) is 215 Å². The zero-order valence-corrected chi connectivity index (χ0v) is 31.9. The van der Waals surface area contributed by atoms with Gasteiger partial charge in [0.2, 0.25) is 0 Å². The summed E-state index contributed by atoms with van der Waals surface area (Å²) in [6.45, 7) is 5.88. The molecule has 4 heteroatoms. The molecule has 0 aliphatic carbocycles. The van der Waals surface area contributed by atoms with E-state index < -0.39 is 0 Å². The van der Waals surface area contributed by atoms with Crippen LogP contribution in [0.2, 0.25) is 0 Å². The average molecular weight is 738 g/mol. The Balaban J connectivity index is 1.17. The Bertz CT molecular complexity index is 2790. The summed E-state index contributed by atoms with van der Waals surface area (Å²) >= 11 is 0. The minimum Gasteiger partial charge on any atom is -0.456 e. The Morgan fingerprint density at radius 3 is 2.05 bits per heavy atom. The topological polar surface area (TPSA) is 63.9 Å². The fraction of sp³-hybridized carbons (Fsp3) is 0.0566. The van der Waals surface area contributed by atoms with Crippen molar-refractivity contribution >= 4 is 39.7 Å². The van der Waals surface area contributed by atoms with E-state index >= 15 is 0 Å². The van der Waals surface area contributed by atoms with Crippen LogP contribution < -0.4 is 5.73 Å². The third kappa shape index (κ3) is 7.93. The molecule has 1 heterocycles. The molecule has 0 saturated carbocycles. The first-order valence-electron chi connectivity index (χ1n) is 19.3. The number of rotatable bonds is 11. The summed E-state index contributed by atoms with van der Waals surface area (Å²) in [5.41, 5.74) is 20.0. The molecule has 0 radical (unpaired) electrons. The van der Waals surface area contributed by atoms with Gasteiger partial charge in [-0.3, -0.25) is 4.99 Å². The summed E-state index contributed by atoms with van der Waals surface area (Å²) in [5, 5.41) is 2.17. The molecule has 1 aromatic heterocycles. The highest BCUT2D eigenvalue weighted by Crippen LogP contribution is 2.39. The largest absolute Gasteiger partial charge is 0.456 e. The SMILES string of the molecule is C=C/C=C\C(=C/C)c1ccc(-c2ccccc2-c2cccc(-c3ccc4oc5cccc(CC(N=C(N=CN)c6ccccc6)c6ccccc6)c5c4c3)c2)cc1. The van der Waals surface area contributed by atoms with Gasteiger partial charge in [-0.1, -0.05) is 176 Å². The maximum Gasteiger partial charge on any atom is 0.156 e. The normalized spacial score (nSPS) is 12.9. The highest BCUT2D eigenvalue weighted by Gasteiger charge is 2.19. The molecular weight excluding hydrogens is 695 g/mol. The van der Waals surface area contributed by atoms with Crippen molar-refractivity contribution in [3.8, 4) is 33.4 Å². The fourth-order valence-electron chi connectivity index (χ4n) is 7.59. The van der Waals surface area contributed by atoms with Gasteiger partial charge in [0.15, 0.2) is 5.84 Å². The second kappa shape index (κ2) is 17.0. The monoisotopic (exact) mass is 737 g/mol. The van der Waals surface area contributed by atoms with Gasteiger partial charge >= 0.3 is 0 Å². The van der Waals surface area contributed by atoms with E-state index in [9.17, 15) is 0 Å². The lowest BCUT2D eigenvalue weighted by Crippen LogP contribution is -2.07. The maximum absolute atomic E-state index is 6.48. The number of hydrogen-bond donors (Lipinski definition) is 1. The van der Waals surface area contributed by atoms with Gasteiger partial charge in [-0.15, -0.1) is 0 Å². The first-order chi connectivity index (χ1) is 28.1. The first kappa shape index (κ1) is 36.7. The van der Waals surface area contributed by atoms with E-state index in [2.05, 4.69) is 164 Å². The Morgan fingerprint density at radius 2 is 1.32 bits per heavy atom. The van der Waals surface area contributed by atoms with E-state index in [0.717, 1.165) is 60.9 Å². The third-order valence-corrected chi connectivity index (χ3v) is 10.4. The zero-order valence-electron chi connectivity index (χ0n) is 31.9. The Labute approximate surface area is 334 Å². The van der Waals surface area contributed by atoms with Gasteiger partial charge < -0.3 is 10.2 Å². The third-order valence-electron chi connectivity index (χ3n) is 10.4. The molecule has 276 valence electrons. The number of amidine groups is 1. The van der Waals surface area contributed by atoms with E-state index in [0.29, 0.717) is 12.3 Å². The molecular formula is C53H43N3O. The molecule has 0 aliphatic heterocycles. The standard InChI is InChI=1S/C53H43N3O/c1-3-5-16-37(4-2)38-27-29-39(30-28-38)46-24-12-13-25-47(46)44-22-14-21-42(33-44)43-31-32-50-48(34-43)52-45(23-15-26-51(52)57-50)35-49(40-17-8-6-9-18-40)56-53(55-36-54)41-19-10-7-11-20-41/h3-34,36,49H,1,35H2,2H3,(H2,54,55,56)/b16-5-,37-4+. The number of furan rings is 1. The molecule has 4 nitrogen and oxygen atoms in total. The number of hydrogen-bond acceptors (Lipinski definition) is 2. The van der Waals surface area contributed by atoms with E-state index in [4.69, 9.17) is 15.1 Å². The number of fused-ring (bicyclic) bond motifs is 3. The van der Waals surface area contributed by atoms with E-state index in [1.807, 2.05) is 42.5 Å². The minimum atomic E-state index is -0.212. The second-order valence-electron chi connectivity index (χ2n) is 13.9. The quantitative estimate of drug-likeness (QED) is 0.0816. The first-order valence-corrected chi connectivity index (χ1v) is 19.3. The van der Waals surface area contributed by atoms with Crippen LogP contribution in [0, 0.1) is 0 Å². The van der Waals surface area contributed by atoms with Crippen LogP contribution in [0.1, 0.15) is 35.2 Å². The van der Waals surface area contributed by atoms with Crippen LogP contribution in [0.4, 0.5) is 0 Å². The van der Waals surface area contributed by atoms with Gasteiger partial charge in [-0.25, -0.2) is 4.99 Å². The number of nitrogens with zero attached hydrogens (tertiary/aromatic N) is 2. The van der Waals surface area contributed by atoms with Gasteiger partial charge in [0.1, 0.15) is 11.2 Å². The van der Waals surface area contributed by atoms with Crippen LogP contribution in [-0.2, 0) is 6.42 Å². The molecule has 8 aromatic rings. The molecule has 0 aliphatic rings. The zero-order chi connectivity index (χ0) is 39.0. The van der Waals surface area contributed by atoms with Crippen molar-refractivity contribution in [3.63, 3.8) is 0 Å². The number of aliphatic imine (C=N–C) groups is 2. The number of allylic oxidation sites excluding steroid dienone is 5. The predicted octanol–water partition coefficient (Wildman–Crippen LogP) is 13.5. The van der Waals surface area contributed by atoms with Crippen LogP contribution in [0.25, 0.3) is 60.9 Å². The maximum atomic E-state index is 6.48. The van der Waals surface area contributed by atoms with E-state index in [1.54, 1.807) is 6.08 Å². The fourth-order valence-corrected chi connectivity index (χ4v) is 7.59. The van der Waals surface area contributed by atoms with Crippen molar-refractivity contribution in [1.29, 1.82) is 0 Å². The Hall–Kier alpha value is -7.30. The van der Waals surface area contributed by atoms with Crippen molar-refractivity contribution in [1.82, 2.24) is 0 Å². The summed E-state index contributed by atoms with van der Waals surface area (Å²) in [5.74, 6) is 0.594. The van der Waals surface area contributed by atoms with Gasteiger partial charge in [-0.05, 0) is 93.3 Å². The lowest BCUT2D eigenvalue weighted by atomic mass is 9.91. The van der Waals surface area contributed by atoms with Crippen LogP contribution in [0.3, 0.4) is 0 Å². The number of benzene rings is 7. The van der Waals surface area contributed by atoms with Crippen LogP contribution in [-0.4, -0.2) is 12.2 Å².